The highest BCUT2D eigenvalue weighted by Gasteiger charge is 2.14. The van der Waals surface area contributed by atoms with Crippen LogP contribution in [-0.2, 0) is 0 Å². The van der Waals surface area contributed by atoms with Crippen molar-refractivity contribution in [2.45, 2.75) is 25.1 Å². The zero-order chi connectivity index (χ0) is 14.4. The fourth-order valence-corrected chi connectivity index (χ4v) is 2.83. The molecule has 106 valence electrons. The molecular formula is C14H19BrClNO2. The van der Waals surface area contributed by atoms with Crippen molar-refractivity contribution in [3.05, 3.63) is 28.8 Å². The van der Waals surface area contributed by atoms with Gasteiger partial charge in [-0.25, -0.2) is 0 Å². The molecule has 0 aromatic heterocycles. The standard InChI is InChI=1S/C14H19BrClNO2/c1-9(2)6-10(15)8-17-14(18)12-7-11(16)4-5-13(12)19-3/h4-5,7,9-10H,6,8H2,1-3H3,(H,17,18). The third-order valence-electron chi connectivity index (χ3n) is 2.62. The summed E-state index contributed by atoms with van der Waals surface area (Å²) in [7, 11) is 1.53. The highest BCUT2D eigenvalue weighted by atomic mass is 79.9. The molecule has 0 aliphatic rings. The maximum Gasteiger partial charge on any atom is 0.255 e. The van der Waals surface area contributed by atoms with Gasteiger partial charge in [-0.05, 0) is 30.5 Å². The number of amides is 1. The lowest BCUT2D eigenvalue weighted by molar-refractivity contribution is 0.0950. The molecule has 0 heterocycles. The van der Waals surface area contributed by atoms with Gasteiger partial charge >= 0.3 is 0 Å². The Morgan fingerprint density at radius 1 is 1.47 bits per heavy atom. The average Bonchev–Trinajstić information content (AvgIpc) is 2.35. The second-order valence-electron chi connectivity index (χ2n) is 4.78. The van der Waals surface area contributed by atoms with Gasteiger partial charge in [0.25, 0.3) is 5.91 Å². The molecule has 0 bridgehead atoms. The molecule has 0 aliphatic carbocycles. The van der Waals surface area contributed by atoms with E-state index in [0.29, 0.717) is 28.8 Å². The molecule has 0 fully saturated rings. The van der Waals surface area contributed by atoms with Crippen LogP contribution in [0.5, 0.6) is 5.75 Å². The van der Waals surface area contributed by atoms with E-state index in [1.807, 2.05) is 0 Å². The third kappa shape index (κ3) is 5.41. The molecule has 1 amide bonds. The molecule has 0 spiro atoms. The van der Waals surface area contributed by atoms with E-state index >= 15 is 0 Å². The van der Waals surface area contributed by atoms with Crippen LogP contribution >= 0.6 is 27.5 Å². The predicted octanol–water partition coefficient (Wildman–Crippen LogP) is 3.89. The van der Waals surface area contributed by atoms with Crippen LogP contribution in [0.15, 0.2) is 18.2 Å². The lowest BCUT2D eigenvalue weighted by Crippen LogP contribution is -2.30. The van der Waals surface area contributed by atoms with Crippen LogP contribution in [0.2, 0.25) is 5.02 Å². The van der Waals surface area contributed by atoms with Crippen LogP contribution in [0.1, 0.15) is 30.6 Å². The Kier molecular flexibility index (Phi) is 6.66. The molecule has 1 aromatic carbocycles. The zero-order valence-electron chi connectivity index (χ0n) is 11.4. The van der Waals surface area contributed by atoms with Crippen LogP contribution < -0.4 is 10.1 Å². The molecule has 0 radical (unpaired) electrons. The molecule has 5 heteroatoms. The number of carbonyl (C=O) groups excluding carboxylic acids is 1. The molecule has 1 N–H and O–H groups in total. The smallest absolute Gasteiger partial charge is 0.255 e. The van der Waals surface area contributed by atoms with Crippen molar-refractivity contribution < 1.29 is 9.53 Å². The van der Waals surface area contributed by atoms with Gasteiger partial charge in [-0.2, -0.15) is 0 Å². The largest absolute Gasteiger partial charge is 0.496 e. The van der Waals surface area contributed by atoms with Crippen molar-refractivity contribution in [3.8, 4) is 5.75 Å². The van der Waals surface area contributed by atoms with E-state index in [0.717, 1.165) is 6.42 Å². The van der Waals surface area contributed by atoms with Crippen LogP contribution in [0.4, 0.5) is 0 Å². The number of nitrogens with one attached hydrogen (secondary N) is 1. The van der Waals surface area contributed by atoms with Crippen LogP contribution in [0.25, 0.3) is 0 Å². The summed E-state index contributed by atoms with van der Waals surface area (Å²) >= 11 is 9.46. The Balaban J connectivity index is 2.65. The predicted molar refractivity (Wildman–Crippen MR) is 82.5 cm³/mol. The monoisotopic (exact) mass is 347 g/mol. The Hall–Kier alpha value is -0.740. The minimum Gasteiger partial charge on any atom is -0.496 e. The Morgan fingerprint density at radius 2 is 2.16 bits per heavy atom. The molecule has 0 aliphatic heterocycles. The Labute approximate surface area is 127 Å². The number of hydrogen-bond donors (Lipinski definition) is 1. The van der Waals surface area contributed by atoms with Gasteiger partial charge in [-0.1, -0.05) is 41.4 Å². The first kappa shape index (κ1) is 16.3. The average molecular weight is 349 g/mol. The maximum atomic E-state index is 12.1. The van der Waals surface area contributed by atoms with Crippen LogP contribution in [0, 0.1) is 5.92 Å². The summed E-state index contributed by atoms with van der Waals surface area (Å²) < 4.78 is 5.16. The normalized spacial score (nSPS) is 12.3. The molecule has 1 atom stereocenters. The van der Waals surface area contributed by atoms with Gasteiger partial charge in [0.15, 0.2) is 0 Å². The number of methoxy groups -OCH3 is 1. The molecule has 1 rings (SSSR count). The summed E-state index contributed by atoms with van der Waals surface area (Å²) in [6.07, 6.45) is 1.01. The summed E-state index contributed by atoms with van der Waals surface area (Å²) in [6, 6.07) is 5.00. The lowest BCUT2D eigenvalue weighted by atomic mass is 10.1. The number of rotatable bonds is 6. The van der Waals surface area contributed by atoms with Crippen LogP contribution in [-0.4, -0.2) is 24.4 Å². The van der Waals surface area contributed by atoms with Gasteiger partial charge in [0.2, 0.25) is 0 Å². The highest BCUT2D eigenvalue weighted by molar-refractivity contribution is 9.09. The molecular weight excluding hydrogens is 330 g/mol. The third-order valence-corrected chi connectivity index (χ3v) is 3.55. The number of halogens is 2. The fraction of sp³-hybridized carbons (Fsp3) is 0.500. The molecule has 0 saturated carbocycles. The molecule has 3 nitrogen and oxygen atoms in total. The summed E-state index contributed by atoms with van der Waals surface area (Å²) in [6.45, 7) is 4.87. The minimum absolute atomic E-state index is 0.174. The first-order valence-corrected chi connectivity index (χ1v) is 7.49. The van der Waals surface area contributed by atoms with E-state index in [1.165, 1.54) is 7.11 Å². The topological polar surface area (TPSA) is 38.3 Å². The van der Waals surface area contributed by atoms with E-state index in [-0.39, 0.29) is 10.7 Å². The first-order chi connectivity index (χ1) is 8.93. The maximum absolute atomic E-state index is 12.1. The number of alkyl halides is 1. The van der Waals surface area contributed by atoms with Gasteiger partial charge in [-0.3, -0.25) is 4.79 Å². The zero-order valence-corrected chi connectivity index (χ0v) is 13.7. The van der Waals surface area contributed by atoms with Gasteiger partial charge in [0, 0.05) is 16.4 Å². The summed E-state index contributed by atoms with van der Waals surface area (Å²) in [5.41, 5.74) is 0.458. The van der Waals surface area contributed by atoms with E-state index in [9.17, 15) is 4.79 Å². The summed E-state index contributed by atoms with van der Waals surface area (Å²) in [4.78, 5) is 12.4. The van der Waals surface area contributed by atoms with Crippen LogP contribution in [0.3, 0.4) is 0 Å². The summed E-state index contributed by atoms with van der Waals surface area (Å²) in [5, 5.41) is 3.40. The van der Waals surface area contributed by atoms with Crippen molar-refractivity contribution >= 4 is 33.4 Å². The van der Waals surface area contributed by atoms with Crippen molar-refractivity contribution in [1.29, 1.82) is 0 Å². The van der Waals surface area contributed by atoms with E-state index in [2.05, 4.69) is 35.1 Å². The molecule has 1 unspecified atom stereocenters. The van der Waals surface area contributed by atoms with Crippen molar-refractivity contribution in [3.63, 3.8) is 0 Å². The molecule has 0 saturated heterocycles. The number of hydrogen-bond acceptors (Lipinski definition) is 2. The quantitative estimate of drug-likeness (QED) is 0.792. The highest BCUT2D eigenvalue weighted by Crippen LogP contribution is 2.22. The van der Waals surface area contributed by atoms with Crippen molar-refractivity contribution in [2.24, 2.45) is 5.92 Å². The number of benzene rings is 1. The summed E-state index contributed by atoms with van der Waals surface area (Å²) in [5.74, 6) is 0.937. The second-order valence-corrected chi connectivity index (χ2v) is 6.51. The molecule has 19 heavy (non-hydrogen) atoms. The van der Waals surface area contributed by atoms with E-state index in [4.69, 9.17) is 16.3 Å². The SMILES string of the molecule is COc1ccc(Cl)cc1C(=O)NCC(Br)CC(C)C. The van der Waals surface area contributed by atoms with E-state index < -0.39 is 0 Å². The molecule has 1 aromatic rings. The minimum atomic E-state index is -0.174. The first-order valence-electron chi connectivity index (χ1n) is 6.19. The van der Waals surface area contributed by atoms with Gasteiger partial charge in [-0.15, -0.1) is 0 Å². The van der Waals surface area contributed by atoms with E-state index in [1.54, 1.807) is 18.2 Å². The van der Waals surface area contributed by atoms with Gasteiger partial charge in [0.1, 0.15) is 5.75 Å². The van der Waals surface area contributed by atoms with Gasteiger partial charge in [0.05, 0.1) is 12.7 Å². The lowest BCUT2D eigenvalue weighted by Gasteiger charge is -2.14. The van der Waals surface area contributed by atoms with Gasteiger partial charge < -0.3 is 10.1 Å². The Morgan fingerprint density at radius 3 is 2.74 bits per heavy atom. The van der Waals surface area contributed by atoms with Crippen molar-refractivity contribution in [2.75, 3.05) is 13.7 Å². The number of carbonyl (C=O) groups is 1. The Bertz CT molecular complexity index is 437. The van der Waals surface area contributed by atoms with Crippen molar-refractivity contribution in [1.82, 2.24) is 5.32 Å². The fourth-order valence-electron chi connectivity index (χ4n) is 1.75. The second kappa shape index (κ2) is 7.75. The number of ether oxygens (including phenoxy) is 1.